The maximum Gasteiger partial charge on any atom is 0.196 e. The van der Waals surface area contributed by atoms with Gasteiger partial charge in [0, 0.05) is 20.6 Å². The molecule has 3 nitrogen and oxygen atoms in total. The lowest BCUT2D eigenvalue weighted by Crippen LogP contribution is -2.43. The van der Waals surface area contributed by atoms with Gasteiger partial charge in [-0.2, -0.15) is 0 Å². The van der Waals surface area contributed by atoms with Crippen LogP contribution in [0.15, 0.2) is 35.3 Å². The molecule has 1 aromatic rings. The summed E-state index contributed by atoms with van der Waals surface area (Å²) in [6.07, 6.45) is 1.08. The Hall–Kier alpha value is -1.51. The third-order valence-electron chi connectivity index (χ3n) is 3.20. The molecule has 0 unspecified atom stereocenters. The van der Waals surface area contributed by atoms with Crippen LogP contribution in [0.2, 0.25) is 0 Å². The molecule has 0 spiro atoms. The predicted octanol–water partition coefficient (Wildman–Crippen LogP) is 1.85. The molecular formula is C14H21N3. The van der Waals surface area contributed by atoms with Crippen LogP contribution in [0.4, 0.5) is 0 Å². The summed E-state index contributed by atoms with van der Waals surface area (Å²) in [4.78, 5) is 9.14. The Morgan fingerprint density at radius 1 is 1.29 bits per heavy atom. The Balaban J connectivity index is 2.05. The summed E-state index contributed by atoms with van der Waals surface area (Å²) < 4.78 is 0. The molecule has 92 valence electrons. The predicted molar refractivity (Wildman–Crippen MR) is 72.3 cm³/mol. The first-order chi connectivity index (χ1) is 8.22. The van der Waals surface area contributed by atoms with E-state index in [1.165, 1.54) is 5.56 Å². The molecule has 0 aliphatic carbocycles. The molecule has 0 bridgehead atoms. The highest BCUT2D eigenvalue weighted by Gasteiger charge is 2.27. The Morgan fingerprint density at radius 3 is 2.59 bits per heavy atom. The van der Waals surface area contributed by atoms with Gasteiger partial charge in [0.1, 0.15) is 0 Å². The van der Waals surface area contributed by atoms with Crippen molar-refractivity contribution in [2.75, 3.05) is 27.2 Å². The van der Waals surface area contributed by atoms with Crippen molar-refractivity contribution in [1.82, 2.24) is 9.80 Å². The van der Waals surface area contributed by atoms with E-state index in [0.717, 1.165) is 25.5 Å². The van der Waals surface area contributed by atoms with Gasteiger partial charge in [-0.3, -0.25) is 4.99 Å². The van der Waals surface area contributed by atoms with Gasteiger partial charge in [-0.05, 0) is 18.9 Å². The van der Waals surface area contributed by atoms with Gasteiger partial charge in [0.15, 0.2) is 5.96 Å². The standard InChI is InChI=1S/C14H21N3/c1-4-17-13(11-15-14(17)16(2)3)10-12-8-6-5-7-9-12/h5-9,13H,4,10-11H2,1-3H3/t13-/m0/s1. The molecule has 1 atom stereocenters. The second-order valence-electron chi connectivity index (χ2n) is 4.66. The number of hydrogen-bond donors (Lipinski definition) is 0. The topological polar surface area (TPSA) is 18.8 Å². The monoisotopic (exact) mass is 231 g/mol. The minimum absolute atomic E-state index is 0.514. The van der Waals surface area contributed by atoms with Crippen molar-refractivity contribution >= 4 is 5.96 Å². The fourth-order valence-corrected chi connectivity index (χ4v) is 2.40. The fourth-order valence-electron chi connectivity index (χ4n) is 2.40. The summed E-state index contributed by atoms with van der Waals surface area (Å²) >= 11 is 0. The molecule has 1 heterocycles. The molecular weight excluding hydrogens is 210 g/mol. The van der Waals surface area contributed by atoms with E-state index in [1.807, 2.05) is 0 Å². The van der Waals surface area contributed by atoms with Crippen LogP contribution in [0.5, 0.6) is 0 Å². The van der Waals surface area contributed by atoms with Gasteiger partial charge in [-0.1, -0.05) is 30.3 Å². The van der Waals surface area contributed by atoms with E-state index < -0.39 is 0 Å². The van der Waals surface area contributed by atoms with Crippen molar-refractivity contribution < 1.29 is 0 Å². The van der Waals surface area contributed by atoms with Gasteiger partial charge in [-0.25, -0.2) is 0 Å². The number of benzene rings is 1. The van der Waals surface area contributed by atoms with Crippen LogP contribution in [-0.2, 0) is 6.42 Å². The average Bonchev–Trinajstić information content (AvgIpc) is 2.73. The van der Waals surface area contributed by atoms with Crippen molar-refractivity contribution in [3.63, 3.8) is 0 Å². The second kappa shape index (κ2) is 5.21. The van der Waals surface area contributed by atoms with Crippen molar-refractivity contribution in [2.24, 2.45) is 4.99 Å². The van der Waals surface area contributed by atoms with Crippen LogP contribution >= 0.6 is 0 Å². The molecule has 0 saturated heterocycles. The van der Waals surface area contributed by atoms with Gasteiger partial charge in [0.25, 0.3) is 0 Å². The van der Waals surface area contributed by atoms with E-state index in [0.29, 0.717) is 6.04 Å². The number of likely N-dealkylation sites (N-methyl/N-ethyl adjacent to an activating group) is 1. The number of aliphatic imine (C=N–C) groups is 1. The van der Waals surface area contributed by atoms with Crippen LogP contribution in [0, 0.1) is 0 Å². The summed E-state index contributed by atoms with van der Waals surface area (Å²) in [5.74, 6) is 1.12. The Bertz CT molecular complexity index is 384. The molecule has 1 aliphatic heterocycles. The maximum absolute atomic E-state index is 4.63. The first-order valence-electron chi connectivity index (χ1n) is 6.24. The van der Waals surface area contributed by atoms with Crippen molar-refractivity contribution in [3.8, 4) is 0 Å². The zero-order valence-electron chi connectivity index (χ0n) is 10.9. The molecule has 0 fully saturated rings. The number of rotatable bonds is 3. The van der Waals surface area contributed by atoms with E-state index in [2.05, 4.69) is 66.1 Å². The quantitative estimate of drug-likeness (QED) is 0.790. The van der Waals surface area contributed by atoms with Gasteiger partial charge in [-0.15, -0.1) is 0 Å². The van der Waals surface area contributed by atoms with E-state index >= 15 is 0 Å². The average molecular weight is 231 g/mol. The first kappa shape index (κ1) is 12.0. The highest BCUT2D eigenvalue weighted by Crippen LogP contribution is 2.16. The Labute approximate surface area is 104 Å². The van der Waals surface area contributed by atoms with Crippen LogP contribution in [0.3, 0.4) is 0 Å². The SMILES string of the molecule is CCN1C(N(C)C)=NC[C@@H]1Cc1ccccc1. The lowest BCUT2D eigenvalue weighted by atomic mass is 10.1. The number of guanidine groups is 1. The molecule has 0 radical (unpaired) electrons. The summed E-state index contributed by atoms with van der Waals surface area (Å²) in [7, 11) is 4.12. The van der Waals surface area contributed by atoms with E-state index in [1.54, 1.807) is 0 Å². The second-order valence-corrected chi connectivity index (χ2v) is 4.66. The van der Waals surface area contributed by atoms with E-state index in [4.69, 9.17) is 0 Å². The fraction of sp³-hybridized carbons (Fsp3) is 0.500. The van der Waals surface area contributed by atoms with Crippen molar-refractivity contribution in [2.45, 2.75) is 19.4 Å². The number of nitrogens with zero attached hydrogens (tertiary/aromatic N) is 3. The number of hydrogen-bond acceptors (Lipinski definition) is 3. The summed E-state index contributed by atoms with van der Waals surface area (Å²) in [6.45, 7) is 4.13. The molecule has 0 N–H and O–H groups in total. The lowest BCUT2D eigenvalue weighted by molar-refractivity contribution is 0.325. The van der Waals surface area contributed by atoms with Crippen LogP contribution in [-0.4, -0.2) is 49.0 Å². The van der Waals surface area contributed by atoms with E-state index in [-0.39, 0.29) is 0 Å². The molecule has 2 rings (SSSR count). The normalized spacial score (nSPS) is 19.4. The highest BCUT2D eigenvalue weighted by atomic mass is 15.4. The van der Waals surface area contributed by atoms with Crippen LogP contribution < -0.4 is 0 Å². The van der Waals surface area contributed by atoms with Gasteiger partial charge < -0.3 is 9.80 Å². The summed E-state index contributed by atoms with van der Waals surface area (Å²) in [5, 5.41) is 0. The smallest absolute Gasteiger partial charge is 0.196 e. The molecule has 0 saturated carbocycles. The Morgan fingerprint density at radius 2 is 2.00 bits per heavy atom. The zero-order chi connectivity index (χ0) is 12.3. The summed E-state index contributed by atoms with van der Waals surface area (Å²) in [6, 6.07) is 11.2. The molecule has 17 heavy (non-hydrogen) atoms. The van der Waals surface area contributed by atoms with Crippen LogP contribution in [0.1, 0.15) is 12.5 Å². The zero-order valence-corrected chi connectivity index (χ0v) is 10.9. The van der Waals surface area contributed by atoms with Gasteiger partial charge >= 0.3 is 0 Å². The third kappa shape index (κ3) is 2.60. The molecule has 3 heteroatoms. The largest absolute Gasteiger partial charge is 0.349 e. The highest BCUT2D eigenvalue weighted by molar-refractivity contribution is 5.81. The molecule has 1 aliphatic rings. The lowest BCUT2D eigenvalue weighted by Gasteiger charge is -2.29. The van der Waals surface area contributed by atoms with Crippen LogP contribution in [0.25, 0.3) is 0 Å². The van der Waals surface area contributed by atoms with Crippen molar-refractivity contribution in [3.05, 3.63) is 35.9 Å². The summed E-state index contributed by atoms with van der Waals surface area (Å²) in [5.41, 5.74) is 1.39. The van der Waals surface area contributed by atoms with Crippen molar-refractivity contribution in [1.29, 1.82) is 0 Å². The minimum Gasteiger partial charge on any atom is -0.349 e. The minimum atomic E-state index is 0.514. The van der Waals surface area contributed by atoms with E-state index in [9.17, 15) is 0 Å². The third-order valence-corrected chi connectivity index (χ3v) is 3.20. The van der Waals surface area contributed by atoms with Gasteiger partial charge in [0.2, 0.25) is 0 Å². The van der Waals surface area contributed by atoms with Gasteiger partial charge in [0.05, 0.1) is 12.6 Å². The maximum atomic E-state index is 4.63. The molecule has 0 amide bonds. The molecule has 1 aromatic carbocycles. The first-order valence-corrected chi connectivity index (χ1v) is 6.24. The molecule has 0 aromatic heterocycles. The Kier molecular flexibility index (Phi) is 3.67.